The van der Waals surface area contributed by atoms with Crippen LogP contribution in [0.5, 0.6) is 0 Å². The lowest BCUT2D eigenvalue weighted by molar-refractivity contribution is -0.146. The molecule has 82 valence electrons. The summed E-state index contributed by atoms with van der Waals surface area (Å²) in [5, 5.41) is 27.7. The summed E-state index contributed by atoms with van der Waals surface area (Å²) in [6, 6.07) is 0. The van der Waals surface area contributed by atoms with Crippen molar-refractivity contribution < 1.29 is 20.1 Å². The molecule has 14 heavy (non-hydrogen) atoms. The highest BCUT2D eigenvalue weighted by atomic mass is 16.4. The number of rotatable bonds is 5. The summed E-state index contributed by atoms with van der Waals surface area (Å²) in [5.74, 6) is -2.42. The Morgan fingerprint density at radius 3 is 2.14 bits per heavy atom. The largest absolute Gasteiger partial charge is 0.481 e. The molecule has 0 aromatic carbocycles. The highest BCUT2D eigenvalue weighted by Gasteiger charge is 2.29. The monoisotopic (exact) mass is 202 g/mol. The third-order valence-corrected chi connectivity index (χ3v) is 2.37. The van der Waals surface area contributed by atoms with Crippen molar-refractivity contribution in [2.45, 2.75) is 33.0 Å². The summed E-state index contributed by atoms with van der Waals surface area (Å²) in [6.45, 7) is 4.80. The molecule has 0 aromatic rings. The maximum atomic E-state index is 10.6. The SMILES string of the molecule is C/C=C/[C@@H](O)[C@H](C)[C@@H](O)[C@@H](C)C(=O)O. The second kappa shape index (κ2) is 5.78. The van der Waals surface area contributed by atoms with E-state index in [2.05, 4.69) is 0 Å². The number of aliphatic hydroxyl groups is 2. The Morgan fingerprint density at radius 2 is 1.79 bits per heavy atom. The van der Waals surface area contributed by atoms with Crippen molar-refractivity contribution in [3.63, 3.8) is 0 Å². The van der Waals surface area contributed by atoms with E-state index in [0.29, 0.717) is 0 Å². The van der Waals surface area contributed by atoms with E-state index in [1.165, 1.54) is 13.0 Å². The summed E-state index contributed by atoms with van der Waals surface area (Å²) >= 11 is 0. The van der Waals surface area contributed by atoms with Gasteiger partial charge in [0.2, 0.25) is 0 Å². The van der Waals surface area contributed by atoms with Gasteiger partial charge in [0.15, 0.2) is 0 Å². The molecule has 0 amide bonds. The molecule has 0 radical (unpaired) electrons. The molecule has 0 rings (SSSR count). The molecule has 0 saturated heterocycles. The summed E-state index contributed by atoms with van der Waals surface area (Å²) in [6.07, 6.45) is 1.34. The third-order valence-electron chi connectivity index (χ3n) is 2.37. The highest BCUT2D eigenvalue weighted by Crippen LogP contribution is 2.17. The van der Waals surface area contributed by atoms with Gasteiger partial charge in [0.05, 0.1) is 18.1 Å². The standard InChI is InChI=1S/C10H18O4/c1-4-5-8(11)6(2)9(12)7(3)10(13)14/h4-9,11-12H,1-3H3,(H,13,14)/b5-4+/t6-,7+,8+,9+/m0/s1. The topological polar surface area (TPSA) is 77.8 Å². The van der Waals surface area contributed by atoms with Crippen molar-refractivity contribution in [2.75, 3.05) is 0 Å². The fourth-order valence-electron chi connectivity index (χ4n) is 1.18. The van der Waals surface area contributed by atoms with E-state index >= 15 is 0 Å². The zero-order valence-corrected chi connectivity index (χ0v) is 8.71. The number of carbonyl (C=O) groups is 1. The van der Waals surface area contributed by atoms with Crippen LogP contribution in [-0.2, 0) is 4.79 Å². The van der Waals surface area contributed by atoms with E-state index in [-0.39, 0.29) is 0 Å². The van der Waals surface area contributed by atoms with Gasteiger partial charge in [-0.3, -0.25) is 4.79 Å². The molecule has 0 aliphatic carbocycles. The van der Waals surface area contributed by atoms with E-state index < -0.39 is 30.0 Å². The van der Waals surface area contributed by atoms with E-state index in [4.69, 9.17) is 5.11 Å². The third kappa shape index (κ3) is 3.47. The minimum absolute atomic E-state index is 0.489. The molecule has 0 unspecified atom stereocenters. The molecule has 3 N–H and O–H groups in total. The summed E-state index contributed by atoms with van der Waals surface area (Å²) < 4.78 is 0. The average molecular weight is 202 g/mol. The van der Waals surface area contributed by atoms with Crippen molar-refractivity contribution in [3.05, 3.63) is 12.2 Å². The van der Waals surface area contributed by atoms with Crippen molar-refractivity contribution in [1.82, 2.24) is 0 Å². The van der Waals surface area contributed by atoms with Gasteiger partial charge in [0, 0.05) is 5.92 Å². The average Bonchev–Trinajstić information content (AvgIpc) is 2.14. The lowest BCUT2D eigenvalue weighted by Crippen LogP contribution is -2.36. The minimum Gasteiger partial charge on any atom is -0.481 e. The molecule has 0 aliphatic heterocycles. The van der Waals surface area contributed by atoms with Crippen molar-refractivity contribution >= 4 is 5.97 Å². The number of aliphatic hydroxyl groups excluding tert-OH is 2. The second-order valence-electron chi connectivity index (χ2n) is 3.49. The van der Waals surface area contributed by atoms with Gasteiger partial charge < -0.3 is 15.3 Å². The number of carboxylic acids is 1. The maximum Gasteiger partial charge on any atom is 0.308 e. The van der Waals surface area contributed by atoms with Gasteiger partial charge in [0.25, 0.3) is 0 Å². The molecule has 0 saturated carbocycles. The van der Waals surface area contributed by atoms with Gasteiger partial charge in [0.1, 0.15) is 0 Å². The van der Waals surface area contributed by atoms with E-state index in [9.17, 15) is 15.0 Å². The Kier molecular flexibility index (Phi) is 5.42. The van der Waals surface area contributed by atoms with Crippen LogP contribution in [0, 0.1) is 11.8 Å². The Balaban J connectivity index is 4.37. The Hall–Kier alpha value is -0.870. The van der Waals surface area contributed by atoms with Gasteiger partial charge in [-0.05, 0) is 13.8 Å². The summed E-state index contributed by atoms with van der Waals surface area (Å²) in [4.78, 5) is 10.6. The van der Waals surface area contributed by atoms with Gasteiger partial charge in [-0.25, -0.2) is 0 Å². The predicted octanol–water partition coefficient (Wildman–Crippen LogP) is 0.641. The molecule has 0 aliphatic rings. The molecular formula is C10H18O4. The number of carboxylic acid groups (broad SMARTS) is 1. The molecule has 0 aromatic heterocycles. The number of allylic oxidation sites excluding steroid dienone is 1. The quantitative estimate of drug-likeness (QED) is 0.572. The number of hydrogen-bond acceptors (Lipinski definition) is 3. The molecule has 4 atom stereocenters. The molecular weight excluding hydrogens is 184 g/mol. The second-order valence-corrected chi connectivity index (χ2v) is 3.49. The van der Waals surface area contributed by atoms with E-state index in [1.54, 1.807) is 19.9 Å². The summed E-state index contributed by atoms with van der Waals surface area (Å²) in [5.41, 5.74) is 0. The number of aliphatic carboxylic acids is 1. The smallest absolute Gasteiger partial charge is 0.308 e. The van der Waals surface area contributed by atoms with Crippen LogP contribution in [-0.4, -0.2) is 33.5 Å². The lowest BCUT2D eigenvalue weighted by atomic mass is 9.89. The van der Waals surface area contributed by atoms with Gasteiger partial charge in [-0.15, -0.1) is 0 Å². The van der Waals surface area contributed by atoms with Crippen LogP contribution in [0.25, 0.3) is 0 Å². The Bertz CT molecular complexity index is 212. The highest BCUT2D eigenvalue weighted by molar-refractivity contribution is 5.70. The predicted molar refractivity (Wildman–Crippen MR) is 52.8 cm³/mol. The molecule has 0 spiro atoms. The first kappa shape index (κ1) is 13.1. The normalized spacial score (nSPS) is 20.4. The van der Waals surface area contributed by atoms with Crippen LogP contribution in [0.1, 0.15) is 20.8 Å². The van der Waals surface area contributed by atoms with Gasteiger partial charge >= 0.3 is 5.97 Å². The molecule has 0 heterocycles. The van der Waals surface area contributed by atoms with E-state index in [0.717, 1.165) is 0 Å². The summed E-state index contributed by atoms with van der Waals surface area (Å²) in [7, 11) is 0. The molecule has 0 bridgehead atoms. The Labute approximate surface area is 83.9 Å². The minimum atomic E-state index is -1.06. The number of hydrogen-bond donors (Lipinski definition) is 3. The van der Waals surface area contributed by atoms with Crippen LogP contribution in [0.3, 0.4) is 0 Å². The zero-order valence-electron chi connectivity index (χ0n) is 8.71. The van der Waals surface area contributed by atoms with Crippen molar-refractivity contribution in [1.29, 1.82) is 0 Å². The molecule has 4 heteroatoms. The first-order valence-corrected chi connectivity index (χ1v) is 4.63. The van der Waals surface area contributed by atoms with E-state index in [1.807, 2.05) is 0 Å². The fraction of sp³-hybridized carbons (Fsp3) is 0.700. The van der Waals surface area contributed by atoms with Crippen LogP contribution in [0.4, 0.5) is 0 Å². The van der Waals surface area contributed by atoms with Crippen LogP contribution < -0.4 is 0 Å². The van der Waals surface area contributed by atoms with Crippen LogP contribution in [0.2, 0.25) is 0 Å². The Morgan fingerprint density at radius 1 is 1.29 bits per heavy atom. The van der Waals surface area contributed by atoms with Gasteiger partial charge in [-0.1, -0.05) is 19.1 Å². The van der Waals surface area contributed by atoms with Crippen molar-refractivity contribution in [2.24, 2.45) is 11.8 Å². The maximum absolute atomic E-state index is 10.6. The fourth-order valence-corrected chi connectivity index (χ4v) is 1.18. The molecule has 0 fully saturated rings. The van der Waals surface area contributed by atoms with Crippen molar-refractivity contribution in [3.8, 4) is 0 Å². The van der Waals surface area contributed by atoms with Crippen LogP contribution >= 0.6 is 0 Å². The first-order chi connectivity index (χ1) is 6.41. The van der Waals surface area contributed by atoms with Crippen LogP contribution in [0.15, 0.2) is 12.2 Å². The first-order valence-electron chi connectivity index (χ1n) is 4.63. The lowest BCUT2D eigenvalue weighted by Gasteiger charge is -2.24. The zero-order chi connectivity index (χ0) is 11.3. The molecule has 4 nitrogen and oxygen atoms in total. The van der Waals surface area contributed by atoms with Gasteiger partial charge in [-0.2, -0.15) is 0 Å².